The van der Waals surface area contributed by atoms with Crippen LogP contribution >= 0.6 is 0 Å². The van der Waals surface area contributed by atoms with Crippen LogP contribution < -0.4 is 0 Å². The largest absolute Gasteiger partial charge is 0.299 e. The van der Waals surface area contributed by atoms with Gasteiger partial charge in [0.15, 0.2) is 0 Å². The van der Waals surface area contributed by atoms with E-state index in [0.29, 0.717) is 5.78 Å². The van der Waals surface area contributed by atoms with Gasteiger partial charge in [0.05, 0.1) is 0 Å². The van der Waals surface area contributed by atoms with Crippen molar-refractivity contribution in [2.45, 2.75) is 32.1 Å². The molecule has 2 rings (SSSR count). The van der Waals surface area contributed by atoms with Gasteiger partial charge in [0.1, 0.15) is 5.78 Å². The van der Waals surface area contributed by atoms with Crippen LogP contribution in [0.15, 0.2) is 30.3 Å². The number of hydrogen-bond donors (Lipinski definition) is 0. The Hall–Kier alpha value is -1.11. The molecule has 0 amide bonds. The second-order valence-corrected chi connectivity index (χ2v) is 4.20. The monoisotopic (exact) mass is 188 g/mol. The third kappa shape index (κ3) is 1.72. The lowest BCUT2D eigenvalue weighted by molar-refractivity contribution is -0.125. The van der Waals surface area contributed by atoms with Crippen LogP contribution in [0.5, 0.6) is 0 Å². The highest BCUT2D eigenvalue weighted by Crippen LogP contribution is 2.32. The van der Waals surface area contributed by atoms with Crippen LogP contribution in [0.2, 0.25) is 0 Å². The van der Waals surface area contributed by atoms with E-state index in [9.17, 15) is 4.79 Å². The molecule has 1 aliphatic carbocycles. The molecular weight excluding hydrogens is 172 g/mol. The van der Waals surface area contributed by atoms with Crippen molar-refractivity contribution >= 4 is 5.78 Å². The predicted molar refractivity (Wildman–Crippen MR) is 57.2 cm³/mol. The topological polar surface area (TPSA) is 17.1 Å². The van der Waals surface area contributed by atoms with E-state index in [2.05, 4.69) is 19.1 Å². The van der Waals surface area contributed by atoms with E-state index >= 15 is 0 Å². The highest BCUT2D eigenvalue weighted by molar-refractivity contribution is 5.88. The number of carbonyl (C=O) groups is 1. The molecule has 1 aromatic carbocycles. The van der Waals surface area contributed by atoms with Gasteiger partial charge in [0, 0.05) is 11.8 Å². The zero-order chi connectivity index (χ0) is 9.97. The number of ketones is 1. The molecule has 0 spiro atoms. The first-order chi connectivity index (χ1) is 6.79. The van der Waals surface area contributed by atoms with Gasteiger partial charge in [-0.2, -0.15) is 0 Å². The summed E-state index contributed by atoms with van der Waals surface area (Å²) in [5.41, 5.74) is 1.20. The van der Waals surface area contributed by atoms with Crippen molar-refractivity contribution in [3.63, 3.8) is 0 Å². The number of benzene rings is 1. The minimum atomic E-state index is 0.167. The fourth-order valence-corrected chi connectivity index (χ4v) is 2.27. The maximum Gasteiger partial charge on any atom is 0.143 e. The van der Waals surface area contributed by atoms with E-state index in [1.807, 2.05) is 18.2 Å². The molecule has 1 fully saturated rings. The highest BCUT2D eigenvalue weighted by atomic mass is 16.1. The van der Waals surface area contributed by atoms with Crippen LogP contribution in [0.4, 0.5) is 0 Å². The Labute approximate surface area is 85.1 Å². The fourth-order valence-electron chi connectivity index (χ4n) is 2.27. The molecule has 0 aliphatic heterocycles. The van der Waals surface area contributed by atoms with Gasteiger partial charge < -0.3 is 0 Å². The molecule has 74 valence electrons. The van der Waals surface area contributed by atoms with Crippen LogP contribution in [0.3, 0.4) is 0 Å². The number of carbonyl (C=O) groups excluding carboxylic acids is 1. The van der Waals surface area contributed by atoms with Crippen LogP contribution in [-0.2, 0) is 4.79 Å². The summed E-state index contributed by atoms with van der Waals surface area (Å²) in [6, 6.07) is 10.2. The van der Waals surface area contributed by atoms with Crippen molar-refractivity contribution in [1.29, 1.82) is 0 Å². The van der Waals surface area contributed by atoms with E-state index in [1.165, 1.54) is 12.0 Å². The zero-order valence-corrected chi connectivity index (χ0v) is 8.57. The molecule has 14 heavy (non-hydrogen) atoms. The Bertz CT molecular complexity index is 315. The number of hydrogen-bond acceptors (Lipinski definition) is 1. The van der Waals surface area contributed by atoms with E-state index in [0.717, 1.165) is 12.8 Å². The van der Waals surface area contributed by atoms with Crippen molar-refractivity contribution in [1.82, 2.24) is 0 Å². The van der Waals surface area contributed by atoms with Crippen LogP contribution in [0, 0.1) is 5.92 Å². The summed E-state index contributed by atoms with van der Waals surface area (Å²) < 4.78 is 0. The second kappa shape index (κ2) is 3.95. The molecule has 0 unspecified atom stereocenters. The van der Waals surface area contributed by atoms with Crippen molar-refractivity contribution in [2.75, 3.05) is 0 Å². The summed E-state index contributed by atoms with van der Waals surface area (Å²) in [7, 11) is 0. The highest BCUT2D eigenvalue weighted by Gasteiger charge is 2.28. The lowest BCUT2D eigenvalue weighted by Gasteiger charge is -2.25. The number of Topliss-reactive ketones (excluding diaryl/α,β-unsaturated/α-hetero) is 1. The first-order valence-electron chi connectivity index (χ1n) is 5.37. The van der Waals surface area contributed by atoms with Crippen LogP contribution in [0.25, 0.3) is 0 Å². The van der Waals surface area contributed by atoms with E-state index in [1.54, 1.807) is 0 Å². The van der Waals surface area contributed by atoms with Gasteiger partial charge in [0.2, 0.25) is 0 Å². The van der Waals surface area contributed by atoms with Gasteiger partial charge in [-0.15, -0.1) is 0 Å². The molecule has 1 nitrogen and oxygen atoms in total. The summed E-state index contributed by atoms with van der Waals surface area (Å²) >= 11 is 0. The van der Waals surface area contributed by atoms with Gasteiger partial charge in [-0.1, -0.05) is 43.7 Å². The predicted octanol–water partition coefficient (Wildman–Crippen LogP) is 3.16. The smallest absolute Gasteiger partial charge is 0.143 e. The SMILES string of the molecule is C[C@@H]1CCC[C@H](c2ccccc2)C1=O. The Morgan fingerprint density at radius 2 is 1.86 bits per heavy atom. The maximum absolute atomic E-state index is 11.9. The molecule has 0 aromatic heterocycles. The molecule has 0 saturated heterocycles. The summed E-state index contributed by atoms with van der Waals surface area (Å²) in [4.78, 5) is 11.9. The average molecular weight is 188 g/mol. The minimum absolute atomic E-state index is 0.167. The van der Waals surface area contributed by atoms with Gasteiger partial charge in [-0.05, 0) is 18.4 Å². The van der Waals surface area contributed by atoms with Gasteiger partial charge in [-0.25, -0.2) is 0 Å². The summed E-state index contributed by atoms with van der Waals surface area (Å²) in [6.45, 7) is 2.05. The molecule has 0 radical (unpaired) electrons. The van der Waals surface area contributed by atoms with Crippen molar-refractivity contribution in [3.05, 3.63) is 35.9 Å². The first kappa shape index (κ1) is 9.45. The van der Waals surface area contributed by atoms with Crippen molar-refractivity contribution < 1.29 is 4.79 Å². The quantitative estimate of drug-likeness (QED) is 0.661. The zero-order valence-electron chi connectivity index (χ0n) is 8.57. The Morgan fingerprint density at radius 1 is 1.14 bits per heavy atom. The Balaban J connectivity index is 2.22. The van der Waals surface area contributed by atoms with Gasteiger partial charge >= 0.3 is 0 Å². The fraction of sp³-hybridized carbons (Fsp3) is 0.462. The molecule has 1 heteroatoms. The number of rotatable bonds is 1. The molecular formula is C13H16O. The summed E-state index contributed by atoms with van der Waals surface area (Å²) in [5.74, 6) is 0.858. The van der Waals surface area contributed by atoms with Crippen molar-refractivity contribution in [3.8, 4) is 0 Å². The van der Waals surface area contributed by atoms with Crippen LogP contribution in [-0.4, -0.2) is 5.78 Å². The molecule has 0 heterocycles. The molecule has 1 saturated carbocycles. The lowest BCUT2D eigenvalue weighted by atomic mass is 9.78. The Morgan fingerprint density at radius 3 is 2.57 bits per heavy atom. The first-order valence-corrected chi connectivity index (χ1v) is 5.37. The van der Waals surface area contributed by atoms with Crippen LogP contribution in [0.1, 0.15) is 37.7 Å². The third-order valence-electron chi connectivity index (χ3n) is 3.16. The molecule has 1 aromatic rings. The summed E-state index contributed by atoms with van der Waals surface area (Å²) in [6.07, 6.45) is 3.29. The molecule has 0 bridgehead atoms. The second-order valence-electron chi connectivity index (χ2n) is 4.20. The standard InChI is InChI=1S/C13H16O/c1-10-6-5-9-12(13(10)14)11-7-3-2-4-8-11/h2-4,7-8,10,12H,5-6,9H2,1H3/t10-,12-/m1/s1. The van der Waals surface area contributed by atoms with E-state index < -0.39 is 0 Å². The Kier molecular flexibility index (Phi) is 2.67. The average Bonchev–Trinajstić information content (AvgIpc) is 2.23. The lowest BCUT2D eigenvalue weighted by Crippen LogP contribution is -2.24. The van der Waals surface area contributed by atoms with Crippen molar-refractivity contribution in [2.24, 2.45) is 5.92 Å². The normalized spacial score (nSPS) is 27.6. The van der Waals surface area contributed by atoms with Gasteiger partial charge in [0.25, 0.3) is 0 Å². The maximum atomic E-state index is 11.9. The molecule has 2 atom stereocenters. The van der Waals surface area contributed by atoms with E-state index in [4.69, 9.17) is 0 Å². The van der Waals surface area contributed by atoms with Gasteiger partial charge in [-0.3, -0.25) is 4.79 Å². The minimum Gasteiger partial charge on any atom is -0.299 e. The summed E-state index contributed by atoms with van der Waals surface area (Å²) in [5, 5.41) is 0. The third-order valence-corrected chi connectivity index (χ3v) is 3.16. The molecule has 0 N–H and O–H groups in total. The molecule has 1 aliphatic rings. The van der Waals surface area contributed by atoms with E-state index in [-0.39, 0.29) is 11.8 Å².